The number of nitrogens with two attached hydrogens (primary N) is 1. The van der Waals surface area contributed by atoms with Crippen molar-refractivity contribution in [2.75, 3.05) is 6.54 Å². The van der Waals surface area contributed by atoms with Crippen LogP contribution in [0.25, 0.3) is 0 Å². The minimum absolute atomic E-state index is 0.173. The van der Waals surface area contributed by atoms with Crippen LogP contribution in [0.5, 0.6) is 0 Å². The van der Waals surface area contributed by atoms with Crippen LogP contribution in [0.3, 0.4) is 0 Å². The van der Waals surface area contributed by atoms with E-state index in [0.29, 0.717) is 6.54 Å². The SMILES string of the molecule is NCCC1C=CC(=O)N=C1. The van der Waals surface area contributed by atoms with Gasteiger partial charge in [0.15, 0.2) is 0 Å². The minimum atomic E-state index is -0.173. The molecule has 1 rings (SSSR count). The molecule has 1 aliphatic heterocycles. The van der Waals surface area contributed by atoms with Crippen molar-refractivity contribution in [3.8, 4) is 0 Å². The van der Waals surface area contributed by atoms with Crippen molar-refractivity contribution in [3.63, 3.8) is 0 Å². The first kappa shape index (κ1) is 7.15. The highest BCUT2D eigenvalue weighted by Gasteiger charge is 2.05. The summed E-state index contributed by atoms with van der Waals surface area (Å²) in [6.07, 6.45) is 5.84. The second-order valence-corrected chi connectivity index (χ2v) is 2.22. The number of dihydropyridines is 1. The van der Waals surface area contributed by atoms with Gasteiger partial charge in [-0.15, -0.1) is 0 Å². The molecule has 0 radical (unpaired) electrons. The summed E-state index contributed by atoms with van der Waals surface area (Å²) < 4.78 is 0. The lowest BCUT2D eigenvalue weighted by Gasteiger charge is -2.05. The van der Waals surface area contributed by atoms with Gasteiger partial charge in [-0.05, 0) is 13.0 Å². The molecule has 0 aromatic heterocycles. The molecule has 1 atom stereocenters. The molecule has 0 fully saturated rings. The lowest BCUT2D eigenvalue weighted by molar-refractivity contribution is -0.113. The second-order valence-electron chi connectivity index (χ2n) is 2.22. The number of nitrogens with zero attached hydrogens (tertiary/aromatic N) is 1. The van der Waals surface area contributed by atoms with Gasteiger partial charge in [0.1, 0.15) is 0 Å². The number of rotatable bonds is 2. The van der Waals surface area contributed by atoms with Crippen LogP contribution in [0.4, 0.5) is 0 Å². The molecular weight excluding hydrogens is 128 g/mol. The van der Waals surface area contributed by atoms with Crippen LogP contribution in [-0.4, -0.2) is 18.7 Å². The molecule has 1 heterocycles. The number of allylic oxidation sites excluding steroid dienone is 1. The molecule has 1 aliphatic rings. The average molecular weight is 138 g/mol. The zero-order chi connectivity index (χ0) is 7.40. The van der Waals surface area contributed by atoms with Crippen molar-refractivity contribution in [1.82, 2.24) is 0 Å². The standard InChI is InChI=1S/C7H10N2O/c8-4-3-6-1-2-7(10)9-5-6/h1-2,5-6H,3-4,8H2. The molecule has 0 aliphatic carbocycles. The zero-order valence-corrected chi connectivity index (χ0v) is 5.66. The van der Waals surface area contributed by atoms with Crippen molar-refractivity contribution in [2.45, 2.75) is 6.42 Å². The summed E-state index contributed by atoms with van der Waals surface area (Å²) in [5.41, 5.74) is 5.31. The maximum absolute atomic E-state index is 10.5. The molecule has 0 aromatic carbocycles. The van der Waals surface area contributed by atoms with Crippen molar-refractivity contribution in [2.24, 2.45) is 16.6 Å². The van der Waals surface area contributed by atoms with E-state index < -0.39 is 0 Å². The van der Waals surface area contributed by atoms with Crippen molar-refractivity contribution in [1.29, 1.82) is 0 Å². The number of hydrogen-bond donors (Lipinski definition) is 1. The van der Waals surface area contributed by atoms with Gasteiger partial charge in [0.05, 0.1) is 0 Å². The summed E-state index contributed by atoms with van der Waals surface area (Å²) in [6.45, 7) is 0.634. The first-order valence-electron chi connectivity index (χ1n) is 3.29. The van der Waals surface area contributed by atoms with E-state index in [9.17, 15) is 4.79 Å². The highest BCUT2D eigenvalue weighted by Crippen LogP contribution is 2.04. The monoisotopic (exact) mass is 138 g/mol. The molecule has 3 heteroatoms. The van der Waals surface area contributed by atoms with Crippen LogP contribution < -0.4 is 5.73 Å². The summed E-state index contributed by atoms with van der Waals surface area (Å²) in [4.78, 5) is 14.1. The van der Waals surface area contributed by atoms with Gasteiger partial charge in [-0.25, -0.2) is 4.99 Å². The Bertz CT molecular complexity index is 168. The van der Waals surface area contributed by atoms with E-state index in [1.807, 2.05) is 6.08 Å². The predicted octanol–water partition coefficient (Wildman–Crippen LogP) is 0.119. The van der Waals surface area contributed by atoms with Gasteiger partial charge in [0.25, 0.3) is 5.91 Å². The Balaban J connectivity index is 2.45. The largest absolute Gasteiger partial charge is 0.330 e. The zero-order valence-electron chi connectivity index (χ0n) is 5.66. The Morgan fingerprint density at radius 1 is 1.70 bits per heavy atom. The lowest BCUT2D eigenvalue weighted by atomic mass is 10.1. The highest BCUT2D eigenvalue weighted by molar-refractivity contribution is 5.96. The Labute approximate surface area is 59.6 Å². The molecule has 1 unspecified atom stereocenters. The fraction of sp³-hybridized carbons (Fsp3) is 0.429. The van der Waals surface area contributed by atoms with Gasteiger partial charge in [-0.1, -0.05) is 6.08 Å². The third kappa shape index (κ3) is 1.77. The van der Waals surface area contributed by atoms with Crippen LogP contribution in [0.1, 0.15) is 6.42 Å². The van der Waals surface area contributed by atoms with E-state index in [1.54, 1.807) is 6.21 Å². The topological polar surface area (TPSA) is 55.5 Å². The van der Waals surface area contributed by atoms with E-state index in [-0.39, 0.29) is 11.8 Å². The molecule has 0 spiro atoms. The first-order valence-corrected chi connectivity index (χ1v) is 3.29. The van der Waals surface area contributed by atoms with Crippen LogP contribution in [0.2, 0.25) is 0 Å². The van der Waals surface area contributed by atoms with Crippen molar-refractivity contribution >= 4 is 12.1 Å². The maximum Gasteiger partial charge on any atom is 0.269 e. The summed E-state index contributed by atoms with van der Waals surface area (Å²) in [5.74, 6) is 0.0935. The Hall–Kier alpha value is -0.960. The molecule has 0 saturated heterocycles. The van der Waals surface area contributed by atoms with Crippen LogP contribution in [0.15, 0.2) is 17.1 Å². The number of aliphatic imine (C=N–C) groups is 1. The van der Waals surface area contributed by atoms with Gasteiger partial charge in [0.2, 0.25) is 0 Å². The number of carbonyl (C=O) groups is 1. The van der Waals surface area contributed by atoms with E-state index in [0.717, 1.165) is 6.42 Å². The highest BCUT2D eigenvalue weighted by atomic mass is 16.1. The van der Waals surface area contributed by atoms with Crippen LogP contribution in [0, 0.1) is 5.92 Å². The van der Waals surface area contributed by atoms with E-state index in [1.165, 1.54) is 6.08 Å². The van der Waals surface area contributed by atoms with Gasteiger partial charge < -0.3 is 5.73 Å². The number of hydrogen-bond acceptors (Lipinski definition) is 2. The van der Waals surface area contributed by atoms with Gasteiger partial charge >= 0.3 is 0 Å². The third-order valence-corrected chi connectivity index (χ3v) is 1.38. The molecule has 1 amide bonds. The molecule has 0 bridgehead atoms. The summed E-state index contributed by atoms with van der Waals surface area (Å²) in [6, 6.07) is 0. The fourth-order valence-electron chi connectivity index (χ4n) is 0.831. The molecule has 0 saturated carbocycles. The summed E-state index contributed by atoms with van der Waals surface area (Å²) >= 11 is 0. The van der Waals surface area contributed by atoms with E-state index in [4.69, 9.17) is 5.73 Å². The minimum Gasteiger partial charge on any atom is -0.330 e. The lowest BCUT2D eigenvalue weighted by Crippen LogP contribution is -2.11. The maximum atomic E-state index is 10.5. The normalized spacial score (nSPS) is 23.7. The number of carbonyl (C=O) groups excluding carboxylic acids is 1. The smallest absolute Gasteiger partial charge is 0.269 e. The third-order valence-electron chi connectivity index (χ3n) is 1.38. The molecule has 54 valence electrons. The molecule has 0 aromatic rings. The first-order chi connectivity index (χ1) is 4.83. The fourth-order valence-corrected chi connectivity index (χ4v) is 0.831. The van der Waals surface area contributed by atoms with Gasteiger partial charge in [0, 0.05) is 18.2 Å². The van der Waals surface area contributed by atoms with Gasteiger partial charge in [-0.2, -0.15) is 0 Å². The summed E-state index contributed by atoms with van der Waals surface area (Å²) in [5, 5.41) is 0. The van der Waals surface area contributed by atoms with E-state index in [2.05, 4.69) is 4.99 Å². The summed E-state index contributed by atoms with van der Waals surface area (Å²) in [7, 11) is 0. The Morgan fingerprint density at radius 2 is 2.50 bits per heavy atom. The quantitative estimate of drug-likeness (QED) is 0.589. The molecular formula is C7H10N2O. The van der Waals surface area contributed by atoms with Crippen molar-refractivity contribution < 1.29 is 4.79 Å². The van der Waals surface area contributed by atoms with Crippen LogP contribution >= 0.6 is 0 Å². The Morgan fingerprint density at radius 3 is 3.00 bits per heavy atom. The van der Waals surface area contributed by atoms with E-state index >= 15 is 0 Å². The molecule has 10 heavy (non-hydrogen) atoms. The Kier molecular flexibility index (Phi) is 2.34. The number of amides is 1. The van der Waals surface area contributed by atoms with Crippen LogP contribution in [-0.2, 0) is 4.79 Å². The van der Waals surface area contributed by atoms with Crippen molar-refractivity contribution in [3.05, 3.63) is 12.2 Å². The molecule has 3 nitrogen and oxygen atoms in total. The second kappa shape index (κ2) is 3.27. The average Bonchev–Trinajstić information content (AvgIpc) is 1.95. The molecule has 2 N–H and O–H groups in total. The van der Waals surface area contributed by atoms with Gasteiger partial charge in [-0.3, -0.25) is 4.79 Å². The predicted molar refractivity (Wildman–Crippen MR) is 39.8 cm³/mol.